The molecule has 1 rings (SSSR count). The lowest BCUT2D eigenvalue weighted by atomic mass is 10.1. The smallest absolute Gasteiger partial charge is 0.0992 e. The van der Waals surface area contributed by atoms with E-state index in [-0.39, 0.29) is 6.10 Å². The van der Waals surface area contributed by atoms with Crippen LogP contribution < -0.4 is 5.32 Å². The molecular weight excluding hydrogens is 236 g/mol. The number of hydrogen-bond acceptors (Lipinski definition) is 3. The lowest BCUT2D eigenvalue weighted by Crippen LogP contribution is -2.19. The van der Waals surface area contributed by atoms with Gasteiger partial charge in [-0.2, -0.15) is 5.26 Å². The predicted octanol–water partition coefficient (Wildman–Crippen LogP) is 2.46. The predicted molar refractivity (Wildman–Crippen MR) is 68.8 cm³/mol. The summed E-state index contributed by atoms with van der Waals surface area (Å²) in [5.41, 5.74) is 1.54. The summed E-state index contributed by atoms with van der Waals surface area (Å²) in [6.45, 7) is 3.37. The van der Waals surface area contributed by atoms with Crippen molar-refractivity contribution in [2.24, 2.45) is 0 Å². The second kappa shape index (κ2) is 7.29. The van der Waals surface area contributed by atoms with Crippen molar-refractivity contribution in [3.05, 3.63) is 34.3 Å². The van der Waals surface area contributed by atoms with Crippen LogP contribution in [0.25, 0.3) is 0 Å². The highest BCUT2D eigenvalue weighted by Gasteiger charge is 2.03. The van der Waals surface area contributed by atoms with Crippen molar-refractivity contribution in [3.8, 4) is 6.07 Å². The number of nitriles is 1. The van der Waals surface area contributed by atoms with Gasteiger partial charge in [0.2, 0.25) is 0 Å². The summed E-state index contributed by atoms with van der Waals surface area (Å²) in [5.74, 6) is 0. The van der Waals surface area contributed by atoms with Crippen molar-refractivity contribution in [1.82, 2.24) is 5.32 Å². The van der Waals surface area contributed by atoms with E-state index >= 15 is 0 Å². The molecule has 0 aromatic heterocycles. The normalized spacial score (nSPS) is 12.1. The molecule has 0 amide bonds. The SMILES string of the molecule is CCC(O)CCNCc1ccc(C#N)cc1Cl. The topological polar surface area (TPSA) is 56.0 Å². The first-order chi connectivity index (χ1) is 8.17. The first-order valence-corrected chi connectivity index (χ1v) is 6.12. The second-order valence-corrected chi connectivity index (χ2v) is 4.35. The number of halogens is 1. The molecule has 1 aromatic carbocycles. The number of benzene rings is 1. The molecule has 4 heteroatoms. The Morgan fingerprint density at radius 2 is 2.29 bits per heavy atom. The van der Waals surface area contributed by atoms with Crippen LogP contribution in [-0.2, 0) is 6.54 Å². The van der Waals surface area contributed by atoms with Gasteiger partial charge >= 0.3 is 0 Å². The molecule has 0 aliphatic heterocycles. The molecule has 0 heterocycles. The van der Waals surface area contributed by atoms with Gasteiger partial charge in [-0.25, -0.2) is 0 Å². The minimum absolute atomic E-state index is 0.237. The number of nitrogens with zero attached hydrogens (tertiary/aromatic N) is 1. The van der Waals surface area contributed by atoms with Gasteiger partial charge in [0.25, 0.3) is 0 Å². The van der Waals surface area contributed by atoms with E-state index < -0.39 is 0 Å². The van der Waals surface area contributed by atoms with E-state index in [1.54, 1.807) is 12.1 Å². The van der Waals surface area contributed by atoms with Crippen molar-refractivity contribution >= 4 is 11.6 Å². The number of hydrogen-bond donors (Lipinski definition) is 2. The molecule has 1 unspecified atom stereocenters. The molecule has 0 fully saturated rings. The zero-order valence-electron chi connectivity index (χ0n) is 9.91. The Labute approximate surface area is 107 Å². The van der Waals surface area contributed by atoms with Gasteiger partial charge in [-0.05, 0) is 37.1 Å². The first kappa shape index (κ1) is 14.0. The molecule has 3 nitrogen and oxygen atoms in total. The fraction of sp³-hybridized carbons (Fsp3) is 0.462. The van der Waals surface area contributed by atoms with Gasteiger partial charge in [0, 0.05) is 11.6 Å². The average molecular weight is 253 g/mol. The third-order valence-corrected chi connectivity index (χ3v) is 2.98. The Balaban J connectivity index is 2.40. The largest absolute Gasteiger partial charge is 0.393 e. The number of rotatable bonds is 6. The number of nitrogens with one attached hydrogen (secondary N) is 1. The number of aliphatic hydroxyl groups excluding tert-OH is 1. The van der Waals surface area contributed by atoms with Crippen LogP contribution in [0.5, 0.6) is 0 Å². The van der Waals surface area contributed by atoms with Gasteiger partial charge < -0.3 is 10.4 Å². The van der Waals surface area contributed by atoms with E-state index in [1.165, 1.54) is 0 Å². The number of aliphatic hydroxyl groups is 1. The molecule has 1 aromatic rings. The maximum absolute atomic E-state index is 9.38. The van der Waals surface area contributed by atoms with Gasteiger partial charge in [0.15, 0.2) is 0 Å². The van der Waals surface area contributed by atoms with Crippen molar-refractivity contribution < 1.29 is 5.11 Å². The van der Waals surface area contributed by atoms with Crippen molar-refractivity contribution in [2.75, 3.05) is 6.54 Å². The lowest BCUT2D eigenvalue weighted by Gasteiger charge is -2.09. The van der Waals surface area contributed by atoms with Crippen LogP contribution in [0.1, 0.15) is 30.9 Å². The van der Waals surface area contributed by atoms with Crippen LogP contribution in [0.3, 0.4) is 0 Å². The third-order valence-electron chi connectivity index (χ3n) is 2.62. The van der Waals surface area contributed by atoms with E-state index in [0.717, 1.165) is 24.9 Å². The highest BCUT2D eigenvalue weighted by atomic mass is 35.5. The van der Waals surface area contributed by atoms with Gasteiger partial charge in [0.1, 0.15) is 0 Å². The summed E-state index contributed by atoms with van der Waals surface area (Å²) in [7, 11) is 0. The Morgan fingerprint density at radius 1 is 1.53 bits per heavy atom. The molecule has 0 aliphatic rings. The molecule has 17 heavy (non-hydrogen) atoms. The maximum Gasteiger partial charge on any atom is 0.0992 e. The van der Waals surface area contributed by atoms with Gasteiger partial charge in [0.05, 0.1) is 17.7 Å². The van der Waals surface area contributed by atoms with Crippen LogP contribution in [0.4, 0.5) is 0 Å². The highest BCUT2D eigenvalue weighted by Crippen LogP contribution is 2.17. The second-order valence-electron chi connectivity index (χ2n) is 3.95. The summed E-state index contributed by atoms with van der Waals surface area (Å²) < 4.78 is 0. The van der Waals surface area contributed by atoms with Gasteiger partial charge in [-0.1, -0.05) is 24.6 Å². The Hall–Kier alpha value is -1.08. The van der Waals surface area contributed by atoms with E-state index in [2.05, 4.69) is 5.32 Å². The highest BCUT2D eigenvalue weighted by molar-refractivity contribution is 6.31. The van der Waals surface area contributed by atoms with E-state index in [9.17, 15) is 5.11 Å². The van der Waals surface area contributed by atoms with Crippen LogP contribution >= 0.6 is 11.6 Å². The fourth-order valence-corrected chi connectivity index (χ4v) is 1.70. The van der Waals surface area contributed by atoms with Gasteiger partial charge in [-0.15, -0.1) is 0 Å². The van der Waals surface area contributed by atoms with Gasteiger partial charge in [-0.3, -0.25) is 0 Å². The zero-order chi connectivity index (χ0) is 12.7. The summed E-state index contributed by atoms with van der Waals surface area (Å²) in [6, 6.07) is 7.32. The van der Waals surface area contributed by atoms with Crippen LogP contribution in [0, 0.1) is 11.3 Å². The molecule has 2 N–H and O–H groups in total. The molecular formula is C13H17ClN2O. The molecule has 0 bridgehead atoms. The van der Waals surface area contributed by atoms with E-state index in [4.69, 9.17) is 16.9 Å². The zero-order valence-corrected chi connectivity index (χ0v) is 10.7. The molecule has 92 valence electrons. The average Bonchev–Trinajstić information content (AvgIpc) is 2.35. The van der Waals surface area contributed by atoms with E-state index in [0.29, 0.717) is 17.1 Å². The summed E-state index contributed by atoms with van der Waals surface area (Å²) in [6.07, 6.45) is 1.28. The Kier molecular flexibility index (Phi) is 5.99. The standard InChI is InChI=1S/C13H17ClN2O/c1-2-12(17)5-6-16-9-11-4-3-10(8-15)7-13(11)14/h3-4,7,12,16-17H,2,5-6,9H2,1H3. The third kappa shape index (κ3) is 4.74. The molecule has 0 saturated carbocycles. The Morgan fingerprint density at radius 3 is 2.88 bits per heavy atom. The lowest BCUT2D eigenvalue weighted by molar-refractivity contribution is 0.159. The van der Waals surface area contributed by atoms with Crippen molar-refractivity contribution in [3.63, 3.8) is 0 Å². The summed E-state index contributed by atoms with van der Waals surface area (Å²) in [5, 5.41) is 21.9. The quantitative estimate of drug-likeness (QED) is 0.765. The summed E-state index contributed by atoms with van der Waals surface area (Å²) >= 11 is 6.04. The first-order valence-electron chi connectivity index (χ1n) is 5.74. The van der Waals surface area contributed by atoms with E-state index in [1.807, 2.05) is 19.1 Å². The fourth-order valence-electron chi connectivity index (χ4n) is 1.46. The molecule has 1 atom stereocenters. The molecule has 0 radical (unpaired) electrons. The maximum atomic E-state index is 9.38. The minimum atomic E-state index is -0.237. The summed E-state index contributed by atoms with van der Waals surface area (Å²) in [4.78, 5) is 0. The van der Waals surface area contributed by atoms with Crippen LogP contribution in [0.15, 0.2) is 18.2 Å². The van der Waals surface area contributed by atoms with Crippen LogP contribution in [-0.4, -0.2) is 17.8 Å². The van der Waals surface area contributed by atoms with Crippen molar-refractivity contribution in [1.29, 1.82) is 5.26 Å². The Bertz CT molecular complexity index is 401. The van der Waals surface area contributed by atoms with Crippen molar-refractivity contribution in [2.45, 2.75) is 32.4 Å². The van der Waals surface area contributed by atoms with Crippen LogP contribution in [0.2, 0.25) is 5.02 Å². The monoisotopic (exact) mass is 252 g/mol. The minimum Gasteiger partial charge on any atom is -0.393 e. The molecule has 0 aliphatic carbocycles. The molecule has 0 spiro atoms. The molecule has 0 saturated heterocycles.